The number of carbonyl (C=O) groups excluding carboxylic acids is 1. The van der Waals surface area contributed by atoms with Crippen LogP contribution in [0, 0.1) is 0 Å². The van der Waals surface area contributed by atoms with Crippen molar-refractivity contribution in [3.05, 3.63) is 125 Å². The molecular weight excluding hydrogens is 495 g/mol. The highest BCUT2D eigenvalue weighted by Crippen LogP contribution is 2.47. The molecule has 0 aliphatic heterocycles. The Labute approximate surface area is 220 Å². The molecule has 5 aromatic rings. The zero-order valence-electron chi connectivity index (χ0n) is 21.1. The molecule has 5 rings (SSSR count). The molecule has 0 saturated heterocycles. The number of carbonyl (C=O) groups is 1. The number of hydrogen-bond donors (Lipinski definition) is 1. The van der Waals surface area contributed by atoms with Gasteiger partial charge >= 0.3 is 0 Å². The van der Waals surface area contributed by atoms with E-state index in [0.717, 1.165) is 0 Å². The largest absolute Gasteiger partial charge is 0.326 e. The average molecular weight is 523 g/mol. The number of rotatable bonds is 7. The fraction of sp³-hybridized carbons (Fsp3) is 0.100. The Hall–Kier alpha value is -4.48. The van der Waals surface area contributed by atoms with Crippen molar-refractivity contribution in [1.29, 1.82) is 0 Å². The summed E-state index contributed by atoms with van der Waals surface area (Å²) in [6.07, 6.45) is 1.77. The van der Waals surface area contributed by atoms with Crippen LogP contribution in [0.15, 0.2) is 114 Å². The number of fused-ring (bicyclic) bond motifs is 1. The second-order valence-corrected chi connectivity index (χ2v) is 11.8. The van der Waals surface area contributed by atoms with Crippen molar-refractivity contribution in [2.45, 2.75) is 13.1 Å². The SMILES string of the molecule is CC(=O)Nc1ccc2c(=O)n(N(C)c3ccccn3)c(CP(=O)(c3ccccc3)c3ccccc3)cc2c1. The van der Waals surface area contributed by atoms with Crippen LogP contribution < -0.4 is 26.5 Å². The third kappa shape index (κ3) is 4.89. The van der Waals surface area contributed by atoms with Gasteiger partial charge in [0.2, 0.25) is 5.91 Å². The molecule has 2 heterocycles. The zero-order valence-corrected chi connectivity index (χ0v) is 22.0. The Morgan fingerprint density at radius 3 is 2.11 bits per heavy atom. The molecular formula is C30H27N4O3P. The summed E-state index contributed by atoms with van der Waals surface area (Å²) in [4.78, 5) is 30.1. The third-order valence-corrected chi connectivity index (χ3v) is 9.43. The van der Waals surface area contributed by atoms with Crippen molar-refractivity contribution in [2.24, 2.45) is 0 Å². The van der Waals surface area contributed by atoms with Gasteiger partial charge < -0.3 is 9.88 Å². The average Bonchev–Trinajstić information content (AvgIpc) is 2.94. The van der Waals surface area contributed by atoms with Gasteiger partial charge in [-0.3, -0.25) is 14.6 Å². The van der Waals surface area contributed by atoms with Gasteiger partial charge in [-0.05, 0) is 41.8 Å². The van der Waals surface area contributed by atoms with E-state index in [9.17, 15) is 14.2 Å². The molecule has 1 amide bonds. The molecule has 0 unspecified atom stereocenters. The first-order chi connectivity index (χ1) is 18.4. The normalized spacial score (nSPS) is 11.3. The number of hydrogen-bond acceptors (Lipinski definition) is 5. The lowest BCUT2D eigenvalue weighted by atomic mass is 10.1. The van der Waals surface area contributed by atoms with Gasteiger partial charge in [0.25, 0.3) is 5.56 Å². The fourth-order valence-electron chi connectivity index (χ4n) is 4.63. The first kappa shape index (κ1) is 25.2. The molecule has 0 spiro atoms. The molecule has 0 aliphatic carbocycles. The Morgan fingerprint density at radius 1 is 0.895 bits per heavy atom. The van der Waals surface area contributed by atoms with Crippen molar-refractivity contribution in [3.8, 4) is 0 Å². The minimum atomic E-state index is -3.21. The maximum atomic E-state index is 15.0. The monoisotopic (exact) mass is 522 g/mol. The van der Waals surface area contributed by atoms with Crippen LogP contribution in [0.2, 0.25) is 0 Å². The third-order valence-electron chi connectivity index (χ3n) is 6.40. The summed E-state index contributed by atoms with van der Waals surface area (Å²) in [5, 5.41) is 6.99. The number of amides is 1. The molecule has 3 aromatic carbocycles. The zero-order chi connectivity index (χ0) is 26.7. The van der Waals surface area contributed by atoms with Crippen LogP contribution in [0.3, 0.4) is 0 Å². The first-order valence-corrected chi connectivity index (χ1v) is 14.1. The summed E-state index contributed by atoms with van der Waals surface area (Å²) >= 11 is 0. The maximum Gasteiger partial charge on any atom is 0.277 e. The Kier molecular flexibility index (Phi) is 6.95. The summed E-state index contributed by atoms with van der Waals surface area (Å²) < 4.78 is 16.5. The van der Waals surface area contributed by atoms with E-state index in [1.165, 1.54) is 6.92 Å². The summed E-state index contributed by atoms with van der Waals surface area (Å²) in [5.41, 5.74) is 0.875. The van der Waals surface area contributed by atoms with Gasteiger partial charge in [-0.2, -0.15) is 0 Å². The molecule has 0 bridgehead atoms. The summed E-state index contributed by atoms with van der Waals surface area (Å²) in [6.45, 7) is 1.44. The molecule has 1 N–H and O–H groups in total. The second-order valence-electron chi connectivity index (χ2n) is 9.02. The first-order valence-electron chi connectivity index (χ1n) is 12.2. The summed E-state index contributed by atoms with van der Waals surface area (Å²) in [7, 11) is -1.45. The van der Waals surface area contributed by atoms with Crippen LogP contribution in [0.5, 0.6) is 0 Å². The molecule has 2 aromatic heterocycles. The molecule has 0 atom stereocenters. The van der Waals surface area contributed by atoms with Crippen LogP contribution in [0.4, 0.5) is 11.5 Å². The number of anilines is 2. The van der Waals surface area contributed by atoms with E-state index in [1.807, 2.05) is 84.9 Å². The molecule has 0 saturated carbocycles. The van der Waals surface area contributed by atoms with E-state index in [1.54, 1.807) is 41.1 Å². The van der Waals surface area contributed by atoms with E-state index in [-0.39, 0.29) is 17.6 Å². The van der Waals surface area contributed by atoms with Crippen LogP contribution >= 0.6 is 7.14 Å². The second kappa shape index (κ2) is 10.5. The molecule has 0 aliphatic rings. The highest BCUT2D eigenvalue weighted by Gasteiger charge is 2.30. The molecule has 190 valence electrons. The van der Waals surface area contributed by atoms with Gasteiger partial charge in [0.05, 0.1) is 11.9 Å². The predicted molar refractivity (Wildman–Crippen MR) is 154 cm³/mol. The highest BCUT2D eigenvalue weighted by molar-refractivity contribution is 7.78. The summed E-state index contributed by atoms with van der Waals surface area (Å²) in [5.74, 6) is 0.366. The van der Waals surface area contributed by atoms with Crippen molar-refractivity contribution >= 4 is 45.9 Å². The molecule has 0 radical (unpaired) electrons. The van der Waals surface area contributed by atoms with Crippen LogP contribution in [-0.2, 0) is 15.5 Å². The van der Waals surface area contributed by atoms with E-state index >= 15 is 0 Å². The minimum Gasteiger partial charge on any atom is -0.326 e. The number of nitrogens with zero attached hydrogens (tertiary/aromatic N) is 3. The van der Waals surface area contributed by atoms with E-state index in [2.05, 4.69) is 10.3 Å². The molecule has 7 nitrogen and oxygen atoms in total. The smallest absolute Gasteiger partial charge is 0.277 e. The van der Waals surface area contributed by atoms with Gasteiger partial charge in [0.15, 0.2) is 0 Å². The summed E-state index contributed by atoms with van der Waals surface area (Å²) in [6, 6.07) is 31.3. The van der Waals surface area contributed by atoms with Gasteiger partial charge in [0.1, 0.15) is 13.0 Å². The number of aromatic nitrogens is 2. The molecule has 0 fully saturated rings. The van der Waals surface area contributed by atoms with Crippen LogP contribution in [0.1, 0.15) is 12.6 Å². The van der Waals surface area contributed by atoms with Crippen LogP contribution in [-0.4, -0.2) is 22.6 Å². The van der Waals surface area contributed by atoms with Gasteiger partial charge in [-0.1, -0.05) is 66.7 Å². The van der Waals surface area contributed by atoms with E-state index in [0.29, 0.717) is 38.6 Å². The topological polar surface area (TPSA) is 84.3 Å². The van der Waals surface area contributed by atoms with Crippen molar-refractivity contribution in [1.82, 2.24) is 9.66 Å². The lowest BCUT2D eigenvalue weighted by Crippen LogP contribution is -2.39. The van der Waals surface area contributed by atoms with Crippen molar-refractivity contribution < 1.29 is 9.36 Å². The Bertz CT molecular complexity index is 1660. The minimum absolute atomic E-state index is 0.105. The molecule has 8 heteroatoms. The number of benzene rings is 3. The van der Waals surface area contributed by atoms with E-state index < -0.39 is 7.14 Å². The molecule has 38 heavy (non-hydrogen) atoms. The number of nitrogens with one attached hydrogen (secondary N) is 1. The standard InChI is InChI=1S/C30H27N4O3P/c1-22(35)32-24-16-17-28-23(19-24)20-25(34(30(28)36)33(2)29-15-9-10-18-31-29)21-38(37,26-11-5-3-6-12-26)27-13-7-4-8-14-27/h3-20H,21H2,1-2H3,(H,32,35). The lowest BCUT2D eigenvalue weighted by Gasteiger charge is -2.27. The van der Waals surface area contributed by atoms with E-state index in [4.69, 9.17) is 0 Å². The lowest BCUT2D eigenvalue weighted by molar-refractivity contribution is -0.114. The number of pyridine rings is 2. The van der Waals surface area contributed by atoms with Crippen LogP contribution in [0.25, 0.3) is 10.8 Å². The predicted octanol–water partition coefficient (Wildman–Crippen LogP) is 4.77. The quantitative estimate of drug-likeness (QED) is 0.312. The van der Waals surface area contributed by atoms with Gasteiger partial charge in [-0.15, -0.1) is 0 Å². The van der Waals surface area contributed by atoms with Crippen molar-refractivity contribution in [3.63, 3.8) is 0 Å². The Morgan fingerprint density at radius 2 is 1.53 bits per heavy atom. The Balaban J connectivity index is 1.76. The fourth-order valence-corrected chi connectivity index (χ4v) is 7.28. The van der Waals surface area contributed by atoms with Crippen molar-refractivity contribution in [2.75, 3.05) is 17.4 Å². The van der Waals surface area contributed by atoms with Gasteiger partial charge in [0, 0.05) is 41.9 Å². The maximum absolute atomic E-state index is 15.0. The highest BCUT2D eigenvalue weighted by atomic mass is 31.2. The van der Waals surface area contributed by atoms with Gasteiger partial charge in [-0.25, -0.2) is 9.66 Å².